The molecule has 5 aliphatic rings. The lowest BCUT2D eigenvalue weighted by atomic mass is 9.81. The number of likely N-dealkylation sites (tertiary alicyclic amines) is 1. The SMILES string of the molecule is CNC(=O)C1CCC(CN2C(=O)CC(SCCOCCC(=O)O[C@H]3CC(=O)N(C)c4cc(cc(C)c4Cl)C/C(C)=C/C=C/[C@@H](OC)[C@@]4(O)C[C@H](OC(=O)N4)[C@@H](C)[C@@H]4O[C@@]34C)C2=O)CC1. The number of ether oxygens (including phenoxy) is 5. The number of hydrogen-bond donors (Lipinski definition) is 3. The molecule has 1 unspecified atom stereocenters. The summed E-state index contributed by atoms with van der Waals surface area (Å²) in [6, 6.07) is 3.81. The number of alkyl carbamates (subject to hydrolysis) is 1. The molecule has 5 amide bonds. The maximum atomic E-state index is 14.1. The molecular weight excluding hydrogens is 868 g/mol. The lowest BCUT2D eigenvalue weighted by Crippen LogP contribution is -2.63. The highest BCUT2D eigenvalue weighted by molar-refractivity contribution is 8.00. The first kappa shape index (κ1) is 49.4. The number of allylic oxidation sites excluding steroid dienone is 3. The van der Waals surface area contributed by atoms with Gasteiger partial charge < -0.3 is 39.0 Å². The van der Waals surface area contributed by atoms with Gasteiger partial charge in [0.15, 0.2) is 5.72 Å². The van der Waals surface area contributed by atoms with Crippen LogP contribution < -0.4 is 15.5 Å². The highest BCUT2D eigenvalue weighted by atomic mass is 35.5. The summed E-state index contributed by atoms with van der Waals surface area (Å²) >= 11 is 8.14. The Bertz CT molecular complexity index is 2010. The Hall–Kier alpha value is -4.00. The van der Waals surface area contributed by atoms with E-state index in [4.69, 9.17) is 35.3 Å². The number of aliphatic hydroxyl groups is 1. The van der Waals surface area contributed by atoms with E-state index in [1.165, 1.54) is 28.7 Å². The predicted molar refractivity (Wildman–Crippen MR) is 239 cm³/mol. The van der Waals surface area contributed by atoms with Crippen molar-refractivity contribution in [1.82, 2.24) is 15.5 Å². The van der Waals surface area contributed by atoms with Crippen LogP contribution in [0.25, 0.3) is 0 Å². The smallest absolute Gasteiger partial charge is 0.409 e. The third-order valence-corrected chi connectivity index (χ3v) is 15.0. The molecule has 4 fully saturated rings. The minimum atomic E-state index is -1.82. The fraction of sp³-hybridized carbons (Fsp3) is 0.652. The summed E-state index contributed by atoms with van der Waals surface area (Å²) in [6.07, 6.45) is 4.30. The standard InChI is InChI=1S/C46H63ClN4O12S/c1-26-9-8-10-35(59-7)46(58)24-33(61-44(57)49-46)28(3)41-45(4,63-41)36(23-37(52)50(6)32-21-30(19-26)20-27(2)40(32)47)62-39(54)15-16-60-17-18-64-34-22-38(53)51(43(34)56)25-29-11-13-31(14-12-29)42(55)48-5/h8-10,20-21,28-29,31,33-36,41,58H,11-19,22-25H2,1-7H3,(H,48,55)(H,49,57)/b10-8+,26-9+/t28-,29?,31?,33+,34?,35-,36+,41+,45+,46+/m1/s1. The van der Waals surface area contributed by atoms with Gasteiger partial charge >= 0.3 is 12.1 Å². The highest BCUT2D eigenvalue weighted by Crippen LogP contribution is 2.49. The van der Waals surface area contributed by atoms with E-state index in [1.807, 2.05) is 39.0 Å². The van der Waals surface area contributed by atoms with Crippen LogP contribution in [0.3, 0.4) is 0 Å². The summed E-state index contributed by atoms with van der Waals surface area (Å²) < 4.78 is 29.4. The summed E-state index contributed by atoms with van der Waals surface area (Å²) in [5, 5.41) is 16.9. The van der Waals surface area contributed by atoms with Crippen LogP contribution in [0.1, 0.15) is 83.3 Å². The number of benzene rings is 1. The Morgan fingerprint density at radius 2 is 1.81 bits per heavy atom. The van der Waals surface area contributed by atoms with Gasteiger partial charge in [-0.25, -0.2) is 4.79 Å². The zero-order chi connectivity index (χ0) is 46.5. The largest absolute Gasteiger partial charge is 0.459 e. The maximum Gasteiger partial charge on any atom is 0.409 e. The molecule has 4 bridgehead atoms. The van der Waals surface area contributed by atoms with Crippen LogP contribution in [0.5, 0.6) is 0 Å². The van der Waals surface area contributed by atoms with Crippen molar-refractivity contribution in [2.45, 2.75) is 126 Å². The number of aryl methyl sites for hydroxylation is 1. The summed E-state index contributed by atoms with van der Waals surface area (Å²) in [5.41, 5.74) is 0.162. The van der Waals surface area contributed by atoms with Gasteiger partial charge in [-0.15, -0.1) is 11.8 Å². The number of nitrogens with one attached hydrogen (secondary N) is 2. The van der Waals surface area contributed by atoms with E-state index in [9.17, 15) is 33.9 Å². The number of anilines is 1. The van der Waals surface area contributed by atoms with Crippen LogP contribution in [-0.4, -0.2) is 133 Å². The zero-order valence-electron chi connectivity index (χ0n) is 37.8. The molecule has 0 radical (unpaired) electrons. The number of rotatable bonds is 12. The second-order valence-electron chi connectivity index (χ2n) is 18.0. The minimum absolute atomic E-state index is 0.00796. The van der Waals surface area contributed by atoms with Crippen molar-refractivity contribution in [3.05, 3.63) is 52.1 Å². The summed E-state index contributed by atoms with van der Waals surface area (Å²) in [4.78, 5) is 81.3. The van der Waals surface area contributed by atoms with Crippen LogP contribution >= 0.6 is 23.4 Å². The molecule has 4 heterocycles. The second-order valence-corrected chi connectivity index (χ2v) is 19.7. The third-order valence-electron chi connectivity index (χ3n) is 13.3. The number of carbonyl (C=O) groups is 6. The first-order valence-corrected chi connectivity index (χ1v) is 23.6. The molecule has 18 heteroatoms. The van der Waals surface area contributed by atoms with Crippen LogP contribution in [0, 0.1) is 24.7 Å². The number of epoxide rings is 1. The van der Waals surface area contributed by atoms with Gasteiger partial charge in [0.1, 0.15) is 23.9 Å². The molecule has 16 nitrogen and oxygen atoms in total. The average molecular weight is 932 g/mol. The van der Waals surface area contributed by atoms with Crippen molar-refractivity contribution in [3.8, 4) is 0 Å². The van der Waals surface area contributed by atoms with Crippen molar-refractivity contribution in [2.75, 3.05) is 51.6 Å². The Balaban J connectivity index is 1.08. The number of halogens is 1. The van der Waals surface area contributed by atoms with Crippen LogP contribution in [0.4, 0.5) is 10.5 Å². The molecule has 3 saturated heterocycles. The number of imide groups is 1. The fourth-order valence-corrected chi connectivity index (χ4v) is 10.7. The van der Waals surface area contributed by atoms with Gasteiger partial charge in [-0.3, -0.25) is 34.2 Å². The van der Waals surface area contributed by atoms with E-state index in [-0.39, 0.29) is 74.4 Å². The molecule has 352 valence electrons. The first-order valence-electron chi connectivity index (χ1n) is 22.1. The summed E-state index contributed by atoms with van der Waals surface area (Å²) in [5.74, 6) is -1.28. The van der Waals surface area contributed by atoms with Crippen molar-refractivity contribution in [1.29, 1.82) is 0 Å². The van der Waals surface area contributed by atoms with E-state index in [0.29, 0.717) is 29.4 Å². The van der Waals surface area contributed by atoms with Crippen LogP contribution in [-0.2, 0) is 54.1 Å². The Morgan fingerprint density at radius 1 is 1.08 bits per heavy atom. The molecule has 6 rings (SSSR count). The van der Waals surface area contributed by atoms with Crippen LogP contribution in [0.15, 0.2) is 35.9 Å². The van der Waals surface area contributed by atoms with Gasteiger partial charge in [0.25, 0.3) is 0 Å². The maximum absolute atomic E-state index is 14.1. The molecule has 1 saturated carbocycles. The number of methoxy groups -OCH3 is 1. The van der Waals surface area contributed by atoms with E-state index in [1.54, 1.807) is 33.2 Å². The normalized spacial score (nSPS) is 33.7. The molecule has 1 aliphatic carbocycles. The van der Waals surface area contributed by atoms with E-state index in [2.05, 4.69) is 10.6 Å². The van der Waals surface area contributed by atoms with Gasteiger partial charge in [0, 0.05) is 58.2 Å². The van der Waals surface area contributed by atoms with Gasteiger partial charge in [-0.2, -0.15) is 0 Å². The van der Waals surface area contributed by atoms with Gasteiger partial charge in [-0.05, 0) is 76.0 Å². The first-order chi connectivity index (χ1) is 30.4. The third kappa shape index (κ3) is 11.5. The van der Waals surface area contributed by atoms with Gasteiger partial charge in [-0.1, -0.05) is 48.4 Å². The molecule has 3 N–H and O–H groups in total. The minimum Gasteiger partial charge on any atom is -0.459 e. The average Bonchev–Trinajstić information content (AvgIpc) is 3.88. The number of thioether (sulfide) groups is 1. The van der Waals surface area contributed by atoms with E-state index in [0.717, 1.165) is 42.4 Å². The molecular formula is C46H63ClN4O12S. The monoisotopic (exact) mass is 930 g/mol. The van der Waals surface area contributed by atoms with Crippen molar-refractivity contribution in [3.63, 3.8) is 0 Å². The lowest BCUT2D eigenvalue weighted by molar-refractivity contribution is -0.155. The second kappa shape index (κ2) is 21.1. The van der Waals surface area contributed by atoms with Gasteiger partial charge in [0.05, 0.1) is 48.1 Å². The number of nitrogens with zero attached hydrogens (tertiary/aromatic N) is 2. The summed E-state index contributed by atoms with van der Waals surface area (Å²) in [6.45, 7) is 7.98. The molecule has 0 aromatic heterocycles. The molecule has 0 spiro atoms. The van der Waals surface area contributed by atoms with Crippen LogP contribution in [0.2, 0.25) is 5.02 Å². The van der Waals surface area contributed by atoms with Gasteiger partial charge in [0.2, 0.25) is 23.6 Å². The molecule has 4 aliphatic heterocycles. The topological polar surface area (TPSA) is 203 Å². The Morgan fingerprint density at radius 3 is 2.52 bits per heavy atom. The van der Waals surface area contributed by atoms with Crippen molar-refractivity contribution in [2.24, 2.45) is 17.8 Å². The number of carbonyl (C=O) groups excluding carboxylic acids is 6. The number of amides is 5. The zero-order valence-corrected chi connectivity index (χ0v) is 39.4. The quantitative estimate of drug-likeness (QED) is 0.112. The Labute approximate surface area is 384 Å². The van der Waals surface area contributed by atoms with E-state index >= 15 is 0 Å². The molecule has 8 atom stereocenters. The molecule has 1 aromatic rings. The van der Waals surface area contributed by atoms with E-state index < -0.39 is 59.0 Å². The number of fused-ring (bicyclic) bond motifs is 5. The Kier molecular flexibility index (Phi) is 16.3. The fourth-order valence-electron chi connectivity index (χ4n) is 9.41. The summed E-state index contributed by atoms with van der Waals surface area (Å²) in [7, 11) is 4.69. The lowest BCUT2D eigenvalue weighted by Gasteiger charge is -2.42. The number of esters is 1. The number of hydrogen-bond acceptors (Lipinski definition) is 13. The van der Waals surface area contributed by atoms with Crippen molar-refractivity contribution >= 4 is 64.7 Å². The molecule has 64 heavy (non-hydrogen) atoms. The highest BCUT2D eigenvalue weighted by Gasteiger charge is 2.64. The predicted octanol–water partition coefficient (Wildman–Crippen LogP) is 4.79. The molecule has 1 aromatic carbocycles. The van der Waals surface area contributed by atoms with Crippen molar-refractivity contribution < 1.29 is 57.6 Å².